The second kappa shape index (κ2) is 47.2. The zero-order valence-electron chi connectivity index (χ0n) is 39.1. The fourth-order valence-electron chi connectivity index (χ4n) is 6.74. The van der Waals surface area contributed by atoms with Gasteiger partial charge < -0.3 is 20.1 Å². The van der Waals surface area contributed by atoms with Crippen molar-refractivity contribution in [3.63, 3.8) is 0 Å². The summed E-state index contributed by atoms with van der Waals surface area (Å²) in [7, 11) is -4.40. The highest BCUT2D eigenvalue weighted by molar-refractivity contribution is 7.47. The highest BCUT2D eigenvalue weighted by atomic mass is 31.2. The normalized spacial score (nSPS) is 13.7. The first-order valence-corrected chi connectivity index (χ1v) is 26.3. The molecule has 2 unspecified atom stereocenters. The molecule has 0 bridgehead atoms. The summed E-state index contributed by atoms with van der Waals surface area (Å²) in [5.41, 5.74) is 5.36. The summed E-state index contributed by atoms with van der Waals surface area (Å²) in [6.07, 6.45) is 57.0. The van der Waals surface area contributed by atoms with Crippen LogP contribution in [0.3, 0.4) is 0 Å². The van der Waals surface area contributed by atoms with Gasteiger partial charge in [-0.2, -0.15) is 0 Å². The van der Waals surface area contributed by atoms with Gasteiger partial charge in [-0.3, -0.25) is 18.6 Å². The molecule has 3 N–H and O–H groups in total. The van der Waals surface area contributed by atoms with E-state index in [1.54, 1.807) is 0 Å². The molecule has 0 aliphatic carbocycles. The Morgan fingerprint density at radius 3 is 1.33 bits per heavy atom. The van der Waals surface area contributed by atoms with Gasteiger partial charge in [0.05, 0.1) is 13.2 Å². The van der Waals surface area contributed by atoms with E-state index < -0.39 is 32.5 Å². The van der Waals surface area contributed by atoms with Crippen molar-refractivity contribution in [3.8, 4) is 0 Å². The van der Waals surface area contributed by atoms with Crippen molar-refractivity contribution in [1.29, 1.82) is 0 Å². The summed E-state index contributed by atoms with van der Waals surface area (Å²) in [6.45, 7) is 3.65. The average molecular weight is 878 g/mol. The molecule has 61 heavy (non-hydrogen) atoms. The van der Waals surface area contributed by atoms with Gasteiger partial charge in [0.25, 0.3) is 0 Å². The maximum absolute atomic E-state index is 12.6. The molecule has 0 aliphatic heterocycles. The van der Waals surface area contributed by atoms with E-state index in [2.05, 4.69) is 62.5 Å². The monoisotopic (exact) mass is 878 g/mol. The van der Waals surface area contributed by atoms with E-state index in [-0.39, 0.29) is 32.6 Å². The maximum atomic E-state index is 12.6. The summed E-state index contributed by atoms with van der Waals surface area (Å²) in [6, 6.07) is 0. The Hall–Kier alpha value is -2.29. The standard InChI is InChI=1S/C51H92NO8P/c1-3-5-7-9-11-13-15-17-19-21-23-24-26-28-30-32-34-36-38-40-42-44-51(54)60-49(48-59-61(55,56)58-46-45-52)47-57-50(53)43-41-39-37-35-33-31-29-27-25-22-20-18-16-14-12-10-8-6-4-2/h12,14,18,20,25,27,31,33,37,39,49H,3-11,13,15-17,19,21-24,26,28-30,32,34-36,38,40-48,52H2,1-2H3,(H,55,56). The van der Waals surface area contributed by atoms with Crippen molar-refractivity contribution in [1.82, 2.24) is 0 Å². The van der Waals surface area contributed by atoms with Crippen LogP contribution in [0.1, 0.15) is 219 Å². The molecule has 0 aromatic rings. The molecule has 0 aliphatic rings. The van der Waals surface area contributed by atoms with Crippen molar-refractivity contribution in [2.24, 2.45) is 5.73 Å². The minimum Gasteiger partial charge on any atom is -0.462 e. The second-order valence-electron chi connectivity index (χ2n) is 16.3. The molecule has 0 amide bonds. The maximum Gasteiger partial charge on any atom is 0.472 e. The van der Waals surface area contributed by atoms with E-state index in [1.807, 2.05) is 12.2 Å². The van der Waals surface area contributed by atoms with Gasteiger partial charge in [0.15, 0.2) is 6.10 Å². The quantitative estimate of drug-likeness (QED) is 0.0265. The van der Waals surface area contributed by atoms with E-state index in [1.165, 1.54) is 135 Å². The number of esters is 2. The van der Waals surface area contributed by atoms with Crippen LogP contribution in [0.2, 0.25) is 0 Å². The summed E-state index contributed by atoms with van der Waals surface area (Å²) in [5, 5.41) is 0. The van der Waals surface area contributed by atoms with Crippen molar-refractivity contribution in [2.75, 3.05) is 26.4 Å². The van der Waals surface area contributed by atoms with Crippen LogP contribution < -0.4 is 5.73 Å². The number of nitrogens with two attached hydrogens (primary N) is 1. The minimum atomic E-state index is -4.40. The number of carbonyl (C=O) groups excluding carboxylic acids is 2. The predicted molar refractivity (Wildman–Crippen MR) is 256 cm³/mol. The summed E-state index contributed by atoms with van der Waals surface area (Å²) in [5.74, 6) is -0.919. The van der Waals surface area contributed by atoms with Gasteiger partial charge in [0.1, 0.15) is 6.61 Å². The highest BCUT2D eigenvalue weighted by Crippen LogP contribution is 2.43. The first-order chi connectivity index (χ1) is 29.8. The number of rotatable bonds is 46. The zero-order chi connectivity index (χ0) is 44.6. The Morgan fingerprint density at radius 1 is 0.492 bits per heavy atom. The average Bonchev–Trinajstić information content (AvgIpc) is 3.25. The number of hydrogen-bond acceptors (Lipinski definition) is 8. The van der Waals surface area contributed by atoms with Crippen LogP contribution in [0, 0.1) is 0 Å². The van der Waals surface area contributed by atoms with Crippen LogP contribution in [0.5, 0.6) is 0 Å². The van der Waals surface area contributed by atoms with E-state index in [9.17, 15) is 19.0 Å². The molecule has 10 heteroatoms. The van der Waals surface area contributed by atoms with Gasteiger partial charge in [0, 0.05) is 19.4 Å². The van der Waals surface area contributed by atoms with Gasteiger partial charge in [-0.05, 0) is 51.4 Å². The third-order valence-corrected chi connectivity index (χ3v) is 11.4. The van der Waals surface area contributed by atoms with Crippen LogP contribution in [0.25, 0.3) is 0 Å². The molecule has 0 spiro atoms. The van der Waals surface area contributed by atoms with Gasteiger partial charge in [-0.1, -0.05) is 216 Å². The number of allylic oxidation sites excluding steroid dienone is 10. The molecule has 0 saturated heterocycles. The first-order valence-electron chi connectivity index (χ1n) is 24.8. The number of unbranched alkanes of at least 4 members (excludes halogenated alkanes) is 23. The third kappa shape index (κ3) is 47.0. The van der Waals surface area contributed by atoms with E-state index in [4.69, 9.17) is 24.3 Å². The second-order valence-corrected chi connectivity index (χ2v) is 17.8. The first kappa shape index (κ1) is 58.7. The molecule has 354 valence electrons. The SMILES string of the molecule is CCCCCC=CCC=CCC=CCC=CCC=CCCC(=O)OCC(COP(=O)(O)OCCN)OC(=O)CCCCCCCCCCCCCCCCCCCCCCC. The van der Waals surface area contributed by atoms with Gasteiger partial charge in [-0.25, -0.2) is 4.57 Å². The predicted octanol–water partition coefficient (Wildman–Crippen LogP) is 14.8. The molecule has 0 rings (SSSR count). The zero-order valence-corrected chi connectivity index (χ0v) is 40.0. The Balaban J connectivity index is 4.16. The molecule has 0 heterocycles. The number of phosphoric acid groups is 1. The molecule has 0 radical (unpaired) electrons. The molecular formula is C51H92NO8P. The number of ether oxygens (including phenoxy) is 2. The van der Waals surface area contributed by atoms with Crippen molar-refractivity contribution in [3.05, 3.63) is 60.8 Å². The molecule has 0 aromatic carbocycles. The summed E-state index contributed by atoms with van der Waals surface area (Å²) >= 11 is 0. The minimum absolute atomic E-state index is 0.0431. The van der Waals surface area contributed by atoms with E-state index >= 15 is 0 Å². The Morgan fingerprint density at radius 2 is 0.885 bits per heavy atom. The summed E-state index contributed by atoms with van der Waals surface area (Å²) in [4.78, 5) is 35.0. The number of phosphoric ester groups is 1. The third-order valence-electron chi connectivity index (χ3n) is 10.4. The largest absolute Gasteiger partial charge is 0.472 e. The van der Waals surface area contributed by atoms with Gasteiger partial charge >= 0.3 is 19.8 Å². The van der Waals surface area contributed by atoms with Crippen LogP contribution in [0.15, 0.2) is 60.8 Å². The Kier molecular flexibility index (Phi) is 45.4. The smallest absolute Gasteiger partial charge is 0.462 e. The molecule has 9 nitrogen and oxygen atoms in total. The molecule has 2 atom stereocenters. The van der Waals surface area contributed by atoms with E-state index in [0.29, 0.717) is 12.8 Å². The van der Waals surface area contributed by atoms with Crippen LogP contribution in [-0.4, -0.2) is 49.3 Å². The number of hydrogen-bond donors (Lipinski definition) is 2. The molecule has 0 saturated carbocycles. The lowest BCUT2D eigenvalue weighted by Gasteiger charge is -2.19. The van der Waals surface area contributed by atoms with Crippen LogP contribution >= 0.6 is 7.82 Å². The Bertz CT molecular complexity index is 1180. The Labute approximate surface area is 374 Å². The fourth-order valence-corrected chi connectivity index (χ4v) is 7.50. The van der Waals surface area contributed by atoms with E-state index in [0.717, 1.165) is 44.9 Å². The molecular weight excluding hydrogens is 786 g/mol. The lowest BCUT2D eigenvalue weighted by molar-refractivity contribution is -0.161. The van der Waals surface area contributed by atoms with Crippen LogP contribution in [-0.2, 0) is 32.7 Å². The van der Waals surface area contributed by atoms with Crippen molar-refractivity contribution < 1.29 is 37.6 Å². The lowest BCUT2D eigenvalue weighted by Crippen LogP contribution is -2.29. The van der Waals surface area contributed by atoms with Crippen molar-refractivity contribution >= 4 is 19.8 Å². The van der Waals surface area contributed by atoms with Gasteiger partial charge in [-0.15, -0.1) is 0 Å². The van der Waals surface area contributed by atoms with Crippen LogP contribution in [0.4, 0.5) is 0 Å². The van der Waals surface area contributed by atoms with Crippen molar-refractivity contribution in [2.45, 2.75) is 225 Å². The number of carbonyl (C=O) groups is 2. The highest BCUT2D eigenvalue weighted by Gasteiger charge is 2.26. The molecule has 0 fully saturated rings. The van der Waals surface area contributed by atoms with Gasteiger partial charge in [0.2, 0.25) is 0 Å². The summed E-state index contributed by atoms with van der Waals surface area (Å²) < 4.78 is 32.8. The lowest BCUT2D eigenvalue weighted by atomic mass is 10.0. The fraction of sp³-hybridized carbons (Fsp3) is 0.765. The topological polar surface area (TPSA) is 134 Å². The molecule has 0 aromatic heterocycles.